The highest BCUT2D eigenvalue weighted by Gasteiger charge is 2.28. The van der Waals surface area contributed by atoms with Gasteiger partial charge in [0.25, 0.3) is 0 Å². The Balaban J connectivity index is 1.23. The molecular formula is C21H21FN4O5. The van der Waals surface area contributed by atoms with Crippen LogP contribution in [0, 0.1) is 5.82 Å². The molecule has 0 spiro atoms. The highest BCUT2D eigenvalue weighted by atomic mass is 19.1. The summed E-state index contributed by atoms with van der Waals surface area (Å²) in [7, 11) is 0. The van der Waals surface area contributed by atoms with E-state index in [2.05, 4.69) is 10.6 Å². The monoisotopic (exact) mass is 428 g/mol. The van der Waals surface area contributed by atoms with Gasteiger partial charge in [-0.2, -0.15) is 0 Å². The van der Waals surface area contributed by atoms with Crippen LogP contribution in [-0.4, -0.2) is 60.6 Å². The molecule has 4 rings (SSSR count). The zero-order valence-electron chi connectivity index (χ0n) is 16.6. The Bertz CT molecular complexity index is 998. The van der Waals surface area contributed by atoms with Crippen LogP contribution < -0.4 is 20.1 Å². The number of amides is 4. The first-order valence-electron chi connectivity index (χ1n) is 9.72. The van der Waals surface area contributed by atoms with Crippen molar-refractivity contribution in [1.29, 1.82) is 0 Å². The molecule has 0 saturated carbocycles. The predicted octanol–water partition coefficient (Wildman–Crippen LogP) is 1.55. The quantitative estimate of drug-likeness (QED) is 0.753. The van der Waals surface area contributed by atoms with Gasteiger partial charge in [0.05, 0.1) is 6.54 Å². The van der Waals surface area contributed by atoms with Gasteiger partial charge >= 0.3 is 6.03 Å². The lowest BCUT2D eigenvalue weighted by atomic mass is 10.2. The van der Waals surface area contributed by atoms with Gasteiger partial charge in [0.1, 0.15) is 12.4 Å². The van der Waals surface area contributed by atoms with Gasteiger partial charge in [-0.3, -0.25) is 9.59 Å². The molecule has 2 aromatic rings. The van der Waals surface area contributed by atoms with E-state index in [4.69, 9.17) is 9.47 Å². The van der Waals surface area contributed by atoms with E-state index in [1.807, 2.05) is 6.07 Å². The zero-order valence-corrected chi connectivity index (χ0v) is 16.6. The molecule has 1 fully saturated rings. The largest absolute Gasteiger partial charge is 0.454 e. The number of hydrogen-bond acceptors (Lipinski definition) is 5. The number of fused-ring (bicyclic) bond motifs is 1. The van der Waals surface area contributed by atoms with E-state index >= 15 is 0 Å². The number of carbonyl (C=O) groups excluding carboxylic acids is 3. The minimum Gasteiger partial charge on any atom is -0.454 e. The molecule has 0 bridgehead atoms. The maximum atomic E-state index is 13.0. The lowest BCUT2D eigenvalue weighted by Crippen LogP contribution is -2.55. The van der Waals surface area contributed by atoms with Crippen molar-refractivity contribution in [1.82, 2.24) is 15.1 Å². The molecule has 10 heteroatoms. The van der Waals surface area contributed by atoms with Gasteiger partial charge in [-0.05, 0) is 42.0 Å². The van der Waals surface area contributed by atoms with Crippen molar-refractivity contribution in [3.8, 4) is 11.5 Å². The minimum absolute atomic E-state index is 0.0865. The molecule has 2 N–H and O–H groups in total. The van der Waals surface area contributed by atoms with Crippen molar-refractivity contribution in [3.05, 3.63) is 53.8 Å². The minimum atomic E-state index is -0.452. The van der Waals surface area contributed by atoms with Crippen molar-refractivity contribution in [3.63, 3.8) is 0 Å². The SMILES string of the molecule is O=C(CN1CCN(C(=O)Nc2ccc(F)cc2)CC1=O)NCc1ccc2c(c1)OCO2. The highest BCUT2D eigenvalue weighted by molar-refractivity contribution is 5.94. The van der Waals surface area contributed by atoms with E-state index in [0.717, 1.165) is 5.56 Å². The van der Waals surface area contributed by atoms with E-state index in [0.29, 0.717) is 23.7 Å². The normalized spacial score (nSPS) is 15.1. The Hall–Kier alpha value is -3.82. The Morgan fingerprint density at radius 3 is 2.58 bits per heavy atom. The summed E-state index contributed by atoms with van der Waals surface area (Å²) in [4.78, 5) is 39.7. The fourth-order valence-electron chi connectivity index (χ4n) is 3.27. The lowest BCUT2D eigenvalue weighted by molar-refractivity contribution is -0.139. The third kappa shape index (κ3) is 5.03. The third-order valence-corrected chi connectivity index (χ3v) is 4.96. The zero-order chi connectivity index (χ0) is 21.8. The molecule has 2 heterocycles. The molecule has 31 heavy (non-hydrogen) atoms. The van der Waals surface area contributed by atoms with Crippen LogP contribution in [0.1, 0.15) is 5.56 Å². The van der Waals surface area contributed by atoms with Gasteiger partial charge in [-0.25, -0.2) is 9.18 Å². The average Bonchev–Trinajstić information content (AvgIpc) is 3.23. The number of urea groups is 1. The first-order valence-corrected chi connectivity index (χ1v) is 9.72. The topological polar surface area (TPSA) is 100 Å². The average molecular weight is 428 g/mol. The molecule has 2 aromatic carbocycles. The van der Waals surface area contributed by atoms with Crippen molar-refractivity contribution in [2.45, 2.75) is 6.54 Å². The third-order valence-electron chi connectivity index (χ3n) is 4.96. The number of hydrogen-bond donors (Lipinski definition) is 2. The number of halogens is 1. The molecule has 162 valence electrons. The van der Waals surface area contributed by atoms with Gasteiger partial charge in [0.15, 0.2) is 11.5 Å². The van der Waals surface area contributed by atoms with E-state index in [1.54, 1.807) is 12.1 Å². The number of nitrogens with zero attached hydrogens (tertiary/aromatic N) is 2. The van der Waals surface area contributed by atoms with Crippen molar-refractivity contribution in [2.24, 2.45) is 0 Å². The summed E-state index contributed by atoms with van der Waals surface area (Å²) >= 11 is 0. The Labute approximate surface area is 177 Å². The van der Waals surface area contributed by atoms with Crippen LogP contribution in [0.15, 0.2) is 42.5 Å². The number of benzene rings is 2. The van der Waals surface area contributed by atoms with Gasteiger partial charge in [-0.15, -0.1) is 0 Å². The number of carbonyl (C=O) groups is 3. The summed E-state index contributed by atoms with van der Waals surface area (Å²) < 4.78 is 23.5. The summed E-state index contributed by atoms with van der Waals surface area (Å²) in [6.45, 7) is 0.783. The Morgan fingerprint density at radius 1 is 1.03 bits per heavy atom. The standard InChI is InChI=1S/C21H21FN4O5/c22-15-2-4-16(5-3-15)24-21(29)26-8-7-25(20(28)12-26)11-19(27)23-10-14-1-6-17-18(9-14)31-13-30-17/h1-6,9H,7-8,10-13H2,(H,23,27)(H,24,29). The lowest BCUT2D eigenvalue weighted by Gasteiger charge is -2.33. The maximum Gasteiger partial charge on any atom is 0.322 e. The van der Waals surface area contributed by atoms with E-state index < -0.39 is 11.8 Å². The van der Waals surface area contributed by atoms with Crippen molar-refractivity contribution >= 4 is 23.5 Å². The van der Waals surface area contributed by atoms with Crippen LogP contribution in [0.25, 0.3) is 0 Å². The molecule has 0 atom stereocenters. The molecule has 9 nitrogen and oxygen atoms in total. The van der Waals surface area contributed by atoms with Crippen LogP contribution in [0.4, 0.5) is 14.9 Å². The summed E-state index contributed by atoms with van der Waals surface area (Å²) in [6, 6.07) is 10.3. The van der Waals surface area contributed by atoms with Gasteiger partial charge < -0.3 is 29.9 Å². The van der Waals surface area contributed by atoms with Gasteiger partial charge in [-0.1, -0.05) is 6.07 Å². The molecule has 0 unspecified atom stereocenters. The predicted molar refractivity (Wildman–Crippen MR) is 108 cm³/mol. The number of ether oxygens (including phenoxy) is 2. The van der Waals surface area contributed by atoms with E-state index in [-0.39, 0.29) is 44.8 Å². The van der Waals surface area contributed by atoms with Crippen LogP contribution in [0.5, 0.6) is 11.5 Å². The van der Waals surface area contributed by atoms with Crippen LogP contribution in [-0.2, 0) is 16.1 Å². The van der Waals surface area contributed by atoms with E-state index in [1.165, 1.54) is 34.1 Å². The summed E-state index contributed by atoms with van der Waals surface area (Å²) in [6.07, 6.45) is 0. The molecule has 0 aliphatic carbocycles. The second kappa shape index (κ2) is 8.90. The first kappa shape index (κ1) is 20.5. The van der Waals surface area contributed by atoms with Crippen LogP contribution >= 0.6 is 0 Å². The van der Waals surface area contributed by atoms with Crippen LogP contribution in [0.3, 0.4) is 0 Å². The molecule has 1 saturated heterocycles. The Kier molecular flexibility index (Phi) is 5.87. The first-order chi connectivity index (χ1) is 15.0. The molecule has 0 radical (unpaired) electrons. The number of anilines is 1. The second-order valence-electron chi connectivity index (χ2n) is 7.14. The molecule has 2 aliphatic heterocycles. The van der Waals surface area contributed by atoms with Crippen molar-refractivity contribution in [2.75, 3.05) is 38.3 Å². The van der Waals surface area contributed by atoms with Crippen LogP contribution in [0.2, 0.25) is 0 Å². The van der Waals surface area contributed by atoms with Gasteiger partial charge in [0, 0.05) is 25.3 Å². The Morgan fingerprint density at radius 2 is 1.81 bits per heavy atom. The molecular weight excluding hydrogens is 407 g/mol. The fourth-order valence-corrected chi connectivity index (χ4v) is 3.27. The smallest absolute Gasteiger partial charge is 0.322 e. The molecule has 4 amide bonds. The van der Waals surface area contributed by atoms with Gasteiger partial charge in [0.2, 0.25) is 18.6 Å². The summed E-state index contributed by atoms with van der Waals surface area (Å²) in [5, 5.41) is 5.40. The van der Waals surface area contributed by atoms with Crippen molar-refractivity contribution < 1.29 is 28.2 Å². The number of rotatable bonds is 5. The molecule has 2 aliphatic rings. The van der Waals surface area contributed by atoms with E-state index in [9.17, 15) is 18.8 Å². The number of piperazine rings is 1. The summed E-state index contributed by atoms with van der Waals surface area (Å²) in [5.41, 5.74) is 1.29. The number of nitrogens with one attached hydrogen (secondary N) is 2. The maximum absolute atomic E-state index is 13.0. The highest BCUT2D eigenvalue weighted by Crippen LogP contribution is 2.32. The fraction of sp³-hybridized carbons (Fsp3) is 0.286. The second-order valence-corrected chi connectivity index (χ2v) is 7.14. The summed E-state index contributed by atoms with van der Waals surface area (Å²) in [5.74, 6) is 0.284. The molecule has 0 aromatic heterocycles.